The van der Waals surface area contributed by atoms with E-state index < -0.39 is 0 Å². The fourth-order valence-corrected chi connectivity index (χ4v) is 3.39. The summed E-state index contributed by atoms with van der Waals surface area (Å²) in [6.07, 6.45) is 1.83. The number of carbonyl (C=O) groups is 1. The Kier molecular flexibility index (Phi) is 4.57. The van der Waals surface area contributed by atoms with Gasteiger partial charge in [0.05, 0.1) is 11.0 Å². The lowest BCUT2D eigenvalue weighted by atomic mass is 9.97. The van der Waals surface area contributed by atoms with Gasteiger partial charge in [-0.15, -0.1) is 0 Å². The SMILES string of the molecule is Cc1ccc2c(c1)[nH]c(=S)n2/C=C(\C(=O)c1ccccc1)c1ccccc1. The summed E-state index contributed by atoms with van der Waals surface area (Å²) in [5.41, 5.74) is 5.15. The van der Waals surface area contributed by atoms with Crippen LogP contribution >= 0.6 is 12.2 Å². The molecule has 0 aliphatic rings. The third-order valence-corrected chi connectivity index (χ3v) is 4.79. The van der Waals surface area contributed by atoms with Gasteiger partial charge in [0.1, 0.15) is 0 Å². The number of imidazole rings is 1. The van der Waals surface area contributed by atoms with Gasteiger partial charge >= 0.3 is 0 Å². The fraction of sp³-hybridized carbons (Fsp3) is 0.0435. The number of allylic oxidation sites excluding steroid dienone is 1. The van der Waals surface area contributed by atoms with Crippen LogP contribution in [0, 0.1) is 11.7 Å². The molecule has 0 fully saturated rings. The number of aromatic amines is 1. The molecule has 0 radical (unpaired) electrons. The van der Waals surface area contributed by atoms with Crippen LogP contribution in [0.2, 0.25) is 0 Å². The lowest BCUT2D eigenvalue weighted by Crippen LogP contribution is -2.04. The second-order valence-electron chi connectivity index (χ2n) is 6.42. The van der Waals surface area contributed by atoms with Crippen LogP contribution in [0.3, 0.4) is 0 Å². The number of hydrogen-bond acceptors (Lipinski definition) is 2. The van der Waals surface area contributed by atoms with Gasteiger partial charge in [0.2, 0.25) is 0 Å². The van der Waals surface area contributed by atoms with Gasteiger partial charge in [-0.25, -0.2) is 0 Å². The largest absolute Gasteiger partial charge is 0.330 e. The van der Waals surface area contributed by atoms with Crippen molar-refractivity contribution in [1.82, 2.24) is 9.55 Å². The first-order valence-electron chi connectivity index (χ1n) is 8.71. The third-order valence-electron chi connectivity index (χ3n) is 4.50. The maximum absolute atomic E-state index is 13.2. The number of aryl methyl sites for hydroxylation is 1. The summed E-state index contributed by atoms with van der Waals surface area (Å²) in [5, 5.41) is 0. The van der Waals surface area contributed by atoms with E-state index in [0.29, 0.717) is 15.9 Å². The smallest absolute Gasteiger partial charge is 0.195 e. The molecule has 4 aromatic rings. The van der Waals surface area contributed by atoms with Crippen molar-refractivity contribution in [2.45, 2.75) is 6.92 Å². The standard InChI is InChI=1S/C23H18N2OS/c1-16-12-13-21-20(14-16)24-23(27)25(21)15-19(17-8-4-2-5-9-17)22(26)18-10-6-3-7-11-18/h2-15H,1H3,(H,24,27)/b19-15-. The number of ketones is 1. The van der Waals surface area contributed by atoms with Crippen molar-refractivity contribution in [2.75, 3.05) is 0 Å². The molecule has 0 spiro atoms. The zero-order valence-corrected chi connectivity index (χ0v) is 15.7. The Balaban J connectivity index is 1.93. The molecule has 0 saturated heterocycles. The summed E-state index contributed by atoms with van der Waals surface area (Å²) in [5.74, 6) is -0.0369. The molecule has 0 atom stereocenters. The van der Waals surface area contributed by atoms with Gasteiger partial charge in [-0.2, -0.15) is 0 Å². The number of H-pyrrole nitrogens is 1. The van der Waals surface area contributed by atoms with Crippen molar-refractivity contribution in [3.05, 3.63) is 100 Å². The molecule has 1 heterocycles. The van der Waals surface area contributed by atoms with Gasteiger partial charge in [0, 0.05) is 17.3 Å². The maximum atomic E-state index is 13.2. The molecule has 132 valence electrons. The maximum Gasteiger partial charge on any atom is 0.195 e. The van der Waals surface area contributed by atoms with E-state index in [1.807, 2.05) is 90.5 Å². The van der Waals surface area contributed by atoms with E-state index in [-0.39, 0.29) is 5.78 Å². The highest BCUT2D eigenvalue weighted by atomic mass is 32.1. The van der Waals surface area contributed by atoms with E-state index in [1.165, 1.54) is 0 Å². The molecule has 0 aliphatic carbocycles. The summed E-state index contributed by atoms with van der Waals surface area (Å²) < 4.78 is 2.43. The van der Waals surface area contributed by atoms with E-state index in [2.05, 4.69) is 11.1 Å². The second kappa shape index (κ2) is 7.17. The number of aromatic nitrogens is 2. The Morgan fingerprint density at radius 1 is 0.926 bits per heavy atom. The number of fused-ring (bicyclic) bond motifs is 1. The highest BCUT2D eigenvalue weighted by Gasteiger charge is 2.15. The van der Waals surface area contributed by atoms with Crippen LogP contribution in [-0.4, -0.2) is 15.3 Å². The molecule has 0 aliphatic heterocycles. The Bertz CT molecular complexity index is 1200. The van der Waals surface area contributed by atoms with Crippen LogP contribution in [0.5, 0.6) is 0 Å². The molecule has 0 unspecified atom stereocenters. The summed E-state index contributed by atoms with van der Waals surface area (Å²) in [6, 6.07) is 25.1. The van der Waals surface area contributed by atoms with Crippen molar-refractivity contribution in [1.29, 1.82) is 0 Å². The minimum atomic E-state index is -0.0369. The Hall–Kier alpha value is -3.24. The average molecular weight is 370 g/mol. The predicted molar refractivity (Wildman–Crippen MR) is 113 cm³/mol. The Labute approximate surface area is 162 Å². The third kappa shape index (κ3) is 3.39. The van der Waals surface area contributed by atoms with Crippen LogP contribution in [0.4, 0.5) is 0 Å². The van der Waals surface area contributed by atoms with E-state index in [0.717, 1.165) is 22.2 Å². The van der Waals surface area contributed by atoms with E-state index in [1.54, 1.807) is 0 Å². The first-order valence-corrected chi connectivity index (χ1v) is 9.12. The molecule has 1 aromatic heterocycles. The number of Topliss-reactive ketones (excluding diaryl/α,β-unsaturated/α-hetero) is 1. The lowest BCUT2D eigenvalue weighted by molar-refractivity contribution is 0.105. The highest BCUT2D eigenvalue weighted by Crippen LogP contribution is 2.24. The summed E-state index contributed by atoms with van der Waals surface area (Å²) in [6.45, 7) is 2.04. The van der Waals surface area contributed by atoms with E-state index >= 15 is 0 Å². The molecular weight excluding hydrogens is 352 g/mol. The summed E-state index contributed by atoms with van der Waals surface area (Å²) in [7, 11) is 0. The van der Waals surface area contributed by atoms with Gasteiger partial charge in [-0.1, -0.05) is 66.7 Å². The molecule has 0 amide bonds. The average Bonchev–Trinajstić information content (AvgIpc) is 3.01. The minimum absolute atomic E-state index is 0.0369. The Morgan fingerprint density at radius 2 is 1.56 bits per heavy atom. The van der Waals surface area contributed by atoms with Crippen molar-refractivity contribution in [3.8, 4) is 0 Å². The highest BCUT2D eigenvalue weighted by molar-refractivity contribution is 7.71. The number of nitrogens with one attached hydrogen (secondary N) is 1. The zero-order chi connectivity index (χ0) is 18.8. The molecule has 27 heavy (non-hydrogen) atoms. The van der Waals surface area contributed by atoms with E-state index in [9.17, 15) is 4.79 Å². The van der Waals surface area contributed by atoms with Gasteiger partial charge in [0.25, 0.3) is 0 Å². The molecule has 0 bridgehead atoms. The molecule has 4 heteroatoms. The molecule has 0 saturated carbocycles. The van der Waals surface area contributed by atoms with Gasteiger partial charge in [0.15, 0.2) is 10.6 Å². The fourth-order valence-electron chi connectivity index (χ4n) is 3.13. The summed E-state index contributed by atoms with van der Waals surface area (Å²) in [4.78, 5) is 16.5. The van der Waals surface area contributed by atoms with Gasteiger partial charge in [-0.05, 0) is 42.4 Å². The number of carbonyl (C=O) groups excluding carboxylic acids is 1. The van der Waals surface area contributed by atoms with Crippen LogP contribution in [0.15, 0.2) is 78.9 Å². The predicted octanol–water partition coefficient (Wildman–Crippen LogP) is 5.89. The minimum Gasteiger partial charge on any atom is -0.330 e. The van der Waals surface area contributed by atoms with Crippen LogP contribution in [0.1, 0.15) is 21.5 Å². The quantitative estimate of drug-likeness (QED) is 0.276. The van der Waals surface area contributed by atoms with Crippen molar-refractivity contribution < 1.29 is 4.79 Å². The molecule has 1 N–H and O–H groups in total. The molecule has 4 rings (SSSR count). The van der Waals surface area contributed by atoms with Crippen molar-refractivity contribution >= 4 is 40.8 Å². The van der Waals surface area contributed by atoms with Crippen molar-refractivity contribution in [2.24, 2.45) is 0 Å². The second-order valence-corrected chi connectivity index (χ2v) is 6.81. The van der Waals surface area contributed by atoms with Crippen LogP contribution in [-0.2, 0) is 0 Å². The Morgan fingerprint density at radius 3 is 2.22 bits per heavy atom. The first kappa shape index (κ1) is 17.2. The molecule has 3 nitrogen and oxygen atoms in total. The number of rotatable bonds is 4. The zero-order valence-electron chi connectivity index (χ0n) is 14.8. The van der Waals surface area contributed by atoms with E-state index in [4.69, 9.17) is 12.2 Å². The van der Waals surface area contributed by atoms with Crippen LogP contribution < -0.4 is 0 Å². The first-order chi connectivity index (χ1) is 13.1. The topological polar surface area (TPSA) is 37.8 Å². The number of benzene rings is 3. The molecular formula is C23H18N2OS. The lowest BCUT2D eigenvalue weighted by Gasteiger charge is -2.09. The monoisotopic (exact) mass is 370 g/mol. The van der Waals surface area contributed by atoms with Gasteiger partial charge < -0.3 is 4.98 Å². The molecule has 3 aromatic carbocycles. The van der Waals surface area contributed by atoms with Crippen molar-refractivity contribution in [3.63, 3.8) is 0 Å². The van der Waals surface area contributed by atoms with Crippen LogP contribution in [0.25, 0.3) is 22.8 Å². The van der Waals surface area contributed by atoms with Gasteiger partial charge in [-0.3, -0.25) is 9.36 Å². The number of hydrogen-bond donors (Lipinski definition) is 1. The number of nitrogens with zero attached hydrogens (tertiary/aromatic N) is 1. The summed E-state index contributed by atoms with van der Waals surface area (Å²) >= 11 is 5.52. The normalized spacial score (nSPS) is 11.7.